The van der Waals surface area contributed by atoms with Crippen LogP contribution in [0.4, 0.5) is 10.3 Å². The van der Waals surface area contributed by atoms with E-state index in [2.05, 4.69) is 20.7 Å². The molecule has 0 fully saturated rings. The Morgan fingerprint density at radius 3 is 2.42 bits per heavy atom. The Labute approximate surface area is 266 Å². The van der Waals surface area contributed by atoms with Gasteiger partial charge in [0.25, 0.3) is 17.4 Å². The Balaban J connectivity index is 1.39. The zero-order valence-electron chi connectivity index (χ0n) is 23.7. The molecular formula is C31H25Cl2FN8O3. The van der Waals surface area contributed by atoms with Crippen LogP contribution in [0.15, 0.2) is 83.9 Å². The average Bonchev–Trinajstić information content (AvgIpc) is 3.54. The van der Waals surface area contributed by atoms with Gasteiger partial charge >= 0.3 is 0 Å². The number of hydrogen-bond donors (Lipinski definition) is 2. The molecule has 2 amide bonds. The number of amides is 2. The van der Waals surface area contributed by atoms with Gasteiger partial charge in [-0.1, -0.05) is 41.4 Å². The summed E-state index contributed by atoms with van der Waals surface area (Å²) in [4.78, 5) is 49.5. The number of rotatable bonds is 7. The van der Waals surface area contributed by atoms with Crippen molar-refractivity contribution in [3.63, 3.8) is 0 Å². The zero-order valence-corrected chi connectivity index (χ0v) is 25.3. The monoisotopic (exact) mass is 646 g/mol. The van der Waals surface area contributed by atoms with E-state index in [0.29, 0.717) is 17.1 Å². The van der Waals surface area contributed by atoms with E-state index in [0.717, 1.165) is 10.6 Å². The van der Waals surface area contributed by atoms with Crippen LogP contribution in [0.5, 0.6) is 0 Å². The summed E-state index contributed by atoms with van der Waals surface area (Å²) in [5.74, 6) is -0.237. The molecular weight excluding hydrogens is 622 g/mol. The smallest absolute Gasteiger partial charge is 0.263 e. The summed E-state index contributed by atoms with van der Waals surface area (Å²) in [6.07, 6.45) is -0.739. The topological polar surface area (TPSA) is 127 Å². The van der Waals surface area contributed by atoms with E-state index in [1.54, 1.807) is 28.9 Å². The van der Waals surface area contributed by atoms with Crippen molar-refractivity contribution >= 4 is 41.0 Å². The van der Waals surface area contributed by atoms with Gasteiger partial charge in [-0.05, 0) is 54.6 Å². The molecule has 45 heavy (non-hydrogen) atoms. The second kappa shape index (κ2) is 12.5. The minimum Gasteiger partial charge on any atom is -0.355 e. The third kappa shape index (κ3) is 5.89. The lowest BCUT2D eigenvalue weighted by molar-refractivity contribution is 0.0381. The van der Waals surface area contributed by atoms with E-state index >= 15 is 4.39 Å². The van der Waals surface area contributed by atoms with Crippen LogP contribution in [0.1, 0.15) is 37.8 Å². The fourth-order valence-corrected chi connectivity index (χ4v) is 5.36. The SMILES string of the molecule is CNC(=O)c1ccc(-n2c(NCc3ncnn3-c3ccccc3)nc3c(c2=O)C[C@@H](F)N(C(=O)c2ccc(Cl)c(Cl)c2)C3)cc1. The first-order chi connectivity index (χ1) is 21.7. The van der Waals surface area contributed by atoms with E-state index in [-0.39, 0.29) is 58.2 Å². The van der Waals surface area contributed by atoms with Gasteiger partial charge in [0.15, 0.2) is 12.1 Å². The van der Waals surface area contributed by atoms with Crippen LogP contribution in [0.25, 0.3) is 11.4 Å². The highest BCUT2D eigenvalue weighted by Gasteiger charge is 2.34. The Hall–Kier alpha value is -5.07. The Kier molecular flexibility index (Phi) is 8.33. The fourth-order valence-electron chi connectivity index (χ4n) is 5.06. The predicted octanol–water partition coefficient (Wildman–Crippen LogP) is 4.59. The number of fused-ring (bicyclic) bond motifs is 1. The predicted molar refractivity (Wildman–Crippen MR) is 167 cm³/mol. The molecule has 228 valence electrons. The normalized spacial score (nSPS) is 14.1. The van der Waals surface area contributed by atoms with Crippen LogP contribution < -0.4 is 16.2 Å². The lowest BCUT2D eigenvalue weighted by Crippen LogP contribution is -2.45. The minimum absolute atomic E-state index is 0.119. The van der Waals surface area contributed by atoms with Crippen LogP contribution >= 0.6 is 23.2 Å². The number of benzene rings is 3. The number of hydrogen-bond acceptors (Lipinski definition) is 7. The number of nitrogens with one attached hydrogen (secondary N) is 2. The van der Waals surface area contributed by atoms with Gasteiger partial charge < -0.3 is 15.5 Å². The van der Waals surface area contributed by atoms with Crippen molar-refractivity contribution in [2.24, 2.45) is 0 Å². The number of para-hydroxylation sites is 1. The molecule has 0 aliphatic carbocycles. The van der Waals surface area contributed by atoms with Crippen molar-refractivity contribution in [3.8, 4) is 11.4 Å². The Morgan fingerprint density at radius 1 is 0.978 bits per heavy atom. The van der Waals surface area contributed by atoms with E-state index < -0.39 is 17.8 Å². The van der Waals surface area contributed by atoms with E-state index in [1.165, 1.54) is 36.1 Å². The standard InChI is InChI=1S/C31H25Cl2FN8O3/c1-35-28(43)18-7-10-20(11-8-18)41-30(45)22-14-26(34)40(29(44)19-9-12-23(32)24(33)13-19)16-25(22)39-31(41)36-15-27-37-17-38-42(27)21-5-3-2-4-6-21/h2-13,17,26H,14-16H2,1H3,(H,35,43)(H,36,39)/t26-/m0/s1. The quantitative estimate of drug-likeness (QED) is 0.248. The van der Waals surface area contributed by atoms with Crippen molar-refractivity contribution in [1.29, 1.82) is 0 Å². The number of alkyl halides is 1. The molecule has 1 aliphatic rings. The van der Waals surface area contributed by atoms with E-state index in [1.807, 2.05) is 30.3 Å². The molecule has 0 bridgehead atoms. The van der Waals surface area contributed by atoms with Crippen LogP contribution in [0, 0.1) is 0 Å². The van der Waals surface area contributed by atoms with Gasteiger partial charge in [0.2, 0.25) is 5.95 Å². The van der Waals surface area contributed by atoms with E-state index in [9.17, 15) is 14.4 Å². The number of carbonyl (C=O) groups excluding carboxylic acids is 2. The summed E-state index contributed by atoms with van der Waals surface area (Å²) in [6, 6.07) is 20.1. The third-order valence-electron chi connectivity index (χ3n) is 7.36. The number of nitrogens with zero attached hydrogens (tertiary/aromatic N) is 6. The number of halogens is 3. The maximum absolute atomic E-state index is 15.6. The molecule has 5 aromatic rings. The van der Waals surface area contributed by atoms with Gasteiger partial charge in [0.1, 0.15) is 6.33 Å². The van der Waals surface area contributed by atoms with Crippen LogP contribution in [0.2, 0.25) is 10.0 Å². The molecule has 3 heterocycles. The first-order valence-electron chi connectivity index (χ1n) is 13.8. The fraction of sp³-hybridized carbons (Fsp3) is 0.161. The van der Waals surface area contributed by atoms with Crippen LogP contribution in [-0.4, -0.2) is 54.4 Å². The maximum Gasteiger partial charge on any atom is 0.263 e. The molecule has 6 rings (SSSR count). The second-order valence-corrected chi connectivity index (χ2v) is 10.9. The lowest BCUT2D eigenvalue weighted by atomic mass is 10.0. The van der Waals surface area contributed by atoms with Gasteiger partial charge in [0, 0.05) is 30.2 Å². The maximum atomic E-state index is 15.6. The molecule has 0 unspecified atom stereocenters. The molecule has 1 aliphatic heterocycles. The first kappa shape index (κ1) is 30.0. The molecule has 14 heteroatoms. The zero-order chi connectivity index (χ0) is 31.7. The molecule has 0 spiro atoms. The summed E-state index contributed by atoms with van der Waals surface area (Å²) in [6.45, 7) is -0.135. The summed E-state index contributed by atoms with van der Waals surface area (Å²) in [7, 11) is 1.52. The van der Waals surface area contributed by atoms with Gasteiger partial charge in [-0.2, -0.15) is 5.10 Å². The van der Waals surface area contributed by atoms with Crippen molar-refractivity contribution in [2.75, 3.05) is 12.4 Å². The molecule has 1 atom stereocenters. The molecule has 0 saturated heterocycles. The summed E-state index contributed by atoms with van der Waals surface area (Å²) in [5.41, 5.74) is 1.60. The molecule has 2 N–H and O–H groups in total. The number of aromatic nitrogens is 5. The minimum atomic E-state index is -1.79. The Bertz CT molecular complexity index is 1960. The molecule has 0 radical (unpaired) electrons. The highest BCUT2D eigenvalue weighted by atomic mass is 35.5. The highest BCUT2D eigenvalue weighted by Crippen LogP contribution is 2.28. The third-order valence-corrected chi connectivity index (χ3v) is 8.10. The second-order valence-electron chi connectivity index (χ2n) is 10.1. The van der Waals surface area contributed by atoms with Crippen molar-refractivity contribution in [1.82, 2.24) is 34.5 Å². The highest BCUT2D eigenvalue weighted by molar-refractivity contribution is 6.42. The average molecular weight is 647 g/mol. The van der Waals surface area contributed by atoms with Crippen molar-refractivity contribution in [2.45, 2.75) is 25.8 Å². The van der Waals surface area contributed by atoms with Gasteiger partial charge in [-0.15, -0.1) is 0 Å². The first-order valence-corrected chi connectivity index (χ1v) is 14.6. The van der Waals surface area contributed by atoms with Gasteiger partial charge in [-0.3, -0.25) is 14.4 Å². The summed E-state index contributed by atoms with van der Waals surface area (Å²) >= 11 is 12.1. The molecule has 2 aromatic heterocycles. The lowest BCUT2D eigenvalue weighted by Gasteiger charge is -2.32. The molecule has 0 saturated carbocycles. The van der Waals surface area contributed by atoms with Gasteiger partial charge in [-0.25, -0.2) is 23.6 Å². The van der Waals surface area contributed by atoms with E-state index in [4.69, 9.17) is 28.2 Å². The van der Waals surface area contributed by atoms with Gasteiger partial charge in [0.05, 0.1) is 40.2 Å². The van der Waals surface area contributed by atoms with Crippen LogP contribution in [0.3, 0.4) is 0 Å². The summed E-state index contributed by atoms with van der Waals surface area (Å²) in [5, 5.41) is 10.5. The number of anilines is 1. The number of carbonyl (C=O) groups is 2. The molecule has 11 nitrogen and oxygen atoms in total. The van der Waals surface area contributed by atoms with Crippen molar-refractivity contribution in [3.05, 3.63) is 128 Å². The van der Waals surface area contributed by atoms with Crippen LogP contribution in [-0.2, 0) is 19.5 Å². The largest absolute Gasteiger partial charge is 0.355 e. The molecule has 3 aromatic carbocycles. The Morgan fingerprint density at radius 2 is 1.71 bits per heavy atom. The summed E-state index contributed by atoms with van der Waals surface area (Å²) < 4.78 is 18.5. The van der Waals surface area contributed by atoms with Crippen molar-refractivity contribution < 1.29 is 14.0 Å².